The van der Waals surface area contributed by atoms with Gasteiger partial charge in [-0.25, -0.2) is 4.98 Å². The van der Waals surface area contributed by atoms with Crippen LogP contribution in [0.25, 0.3) is 0 Å². The molecule has 0 spiro atoms. The molecule has 1 aromatic rings. The van der Waals surface area contributed by atoms with Gasteiger partial charge in [0.1, 0.15) is 5.15 Å². The highest BCUT2D eigenvalue weighted by molar-refractivity contribution is 7.10. The largest absolute Gasteiger partial charge is 0.233 e. The first kappa shape index (κ1) is 8.92. The van der Waals surface area contributed by atoms with E-state index in [4.69, 9.17) is 11.6 Å². The highest BCUT2D eigenvalue weighted by atomic mass is 35.5. The number of nitrogens with zero attached hydrogens (tertiary/aromatic N) is 1. The quantitative estimate of drug-likeness (QED) is 0.573. The van der Waals surface area contributed by atoms with Crippen molar-refractivity contribution in [1.29, 1.82) is 0 Å². The summed E-state index contributed by atoms with van der Waals surface area (Å²) in [5, 5.41) is 0.630. The molecule has 0 saturated heterocycles. The Morgan fingerprint density at radius 1 is 1.56 bits per heavy atom. The Kier molecular flexibility index (Phi) is 4.72. The lowest BCUT2D eigenvalue weighted by atomic mass is 10.6. The summed E-state index contributed by atoms with van der Waals surface area (Å²) in [5.41, 5.74) is 1.73. The highest BCUT2D eigenvalue weighted by Crippen LogP contribution is 2.15. The number of hydrogen-bond donors (Lipinski definition) is 0. The van der Waals surface area contributed by atoms with E-state index in [2.05, 4.69) is 4.98 Å². The molecule has 0 bridgehead atoms. The average molecular weight is 164 g/mol. The van der Waals surface area contributed by atoms with Gasteiger partial charge in [0.15, 0.2) is 0 Å². The van der Waals surface area contributed by atoms with Gasteiger partial charge in [0.05, 0.1) is 5.51 Å². The first-order chi connectivity index (χ1) is 4.30. The van der Waals surface area contributed by atoms with E-state index in [0.29, 0.717) is 5.15 Å². The van der Waals surface area contributed by atoms with Crippen LogP contribution in [0.5, 0.6) is 0 Å². The van der Waals surface area contributed by atoms with Gasteiger partial charge in [0.2, 0.25) is 0 Å². The molecule has 1 rings (SSSR count). The van der Waals surface area contributed by atoms with Crippen LogP contribution in [0, 0.1) is 6.92 Å². The monoisotopic (exact) mass is 163 g/mol. The van der Waals surface area contributed by atoms with Crippen molar-refractivity contribution in [2.24, 2.45) is 0 Å². The van der Waals surface area contributed by atoms with Crippen molar-refractivity contribution in [2.75, 3.05) is 0 Å². The molecule has 0 aliphatic rings. The second-order valence-electron chi connectivity index (χ2n) is 1.20. The van der Waals surface area contributed by atoms with Gasteiger partial charge in [-0.3, -0.25) is 0 Å². The summed E-state index contributed by atoms with van der Waals surface area (Å²) in [6, 6.07) is 0. The average Bonchev–Trinajstić information content (AvgIpc) is 2.23. The number of thiazole rings is 1. The fraction of sp³-hybridized carbons (Fsp3) is 0.500. The maximum Gasteiger partial charge on any atom is 0.142 e. The smallest absolute Gasteiger partial charge is 0.142 e. The third-order valence-electron chi connectivity index (χ3n) is 0.686. The molecule has 0 radical (unpaired) electrons. The van der Waals surface area contributed by atoms with Crippen LogP contribution in [-0.2, 0) is 0 Å². The molecule has 0 aromatic carbocycles. The van der Waals surface area contributed by atoms with E-state index in [-0.39, 0.29) is 0 Å². The fourth-order valence-electron chi connectivity index (χ4n) is 0.291. The van der Waals surface area contributed by atoms with E-state index in [1.165, 1.54) is 0 Å². The SMILES string of the molecule is CC.Cc1scnc1Cl. The Bertz CT molecular complexity index is 145. The third-order valence-corrected chi connectivity index (χ3v) is 1.94. The van der Waals surface area contributed by atoms with Crippen LogP contribution in [0.2, 0.25) is 5.15 Å². The summed E-state index contributed by atoms with van der Waals surface area (Å²) in [6.45, 7) is 5.94. The number of halogens is 1. The van der Waals surface area contributed by atoms with E-state index in [0.717, 1.165) is 4.88 Å². The normalized spacial score (nSPS) is 8.00. The van der Waals surface area contributed by atoms with E-state index in [1.807, 2.05) is 20.8 Å². The summed E-state index contributed by atoms with van der Waals surface area (Å²) >= 11 is 7.08. The lowest BCUT2D eigenvalue weighted by molar-refractivity contribution is 1.39. The molecule has 0 saturated carbocycles. The molecule has 0 aliphatic heterocycles. The maximum absolute atomic E-state index is 5.52. The van der Waals surface area contributed by atoms with E-state index in [1.54, 1.807) is 16.8 Å². The maximum atomic E-state index is 5.52. The molecule has 9 heavy (non-hydrogen) atoms. The Hall–Kier alpha value is -0.0800. The van der Waals surface area contributed by atoms with Crippen molar-refractivity contribution < 1.29 is 0 Å². The molecule has 0 amide bonds. The van der Waals surface area contributed by atoms with Gasteiger partial charge in [-0.2, -0.15) is 0 Å². The van der Waals surface area contributed by atoms with Gasteiger partial charge in [0, 0.05) is 4.88 Å². The van der Waals surface area contributed by atoms with Crippen LogP contribution >= 0.6 is 22.9 Å². The molecule has 0 unspecified atom stereocenters. The minimum absolute atomic E-state index is 0.630. The zero-order valence-corrected chi connectivity index (χ0v) is 7.38. The molecule has 0 aliphatic carbocycles. The van der Waals surface area contributed by atoms with Crippen LogP contribution < -0.4 is 0 Å². The summed E-state index contributed by atoms with van der Waals surface area (Å²) in [6.07, 6.45) is 0. The lowest BCUT2D eigenvalue weighted by Crippen LogP contribution is -1.59. The first-order valence-corrected chi connectivity index (χ1v) is 4.12. The molecular weight excluding hydrogens is 154 g/mol. The Balaban J connectivity index is 0.000000291. The van der Waals surface area contributed by atoms with Gasteiger partial charge in [-0.15, -0.1) is 11.3 Å². The second-order valence-corrected chi connectivity index (χ2v) is 2.62. The van der Waals surface area contributed by atoms with E-state index < -0.39 is 0 Å². The summed E-state index contributed by atoms with van der Waals surface area (Å²) < 4.78 is 0. The summed E-state index contributed by atoms with van der Waals surface area (Å²) in [5.74, 6) is 0. The standard InChI is InChI=1S/C4H4ClNS.C2H6/c1-3-4(5)6-2-7-3;1-2/h2H,1H3;1-2H3. The minimum Gasteiger partial charge on any atom is -0.233 e. The summed E-state index contributed by atoms with van der Waals surface area (Å²) in [4.78, 5) is 4.89. The number of rotatable bonds is 0. The predicted octanol–water partition coefficient (Wildman–Crippen LogP) is 3.13. The summed E-state index contributed by atoms with van der Waals surface area (Å²) in [7, 11) is 0. The third kappa shape index (κ3) is 2.82. The van der Waals surface area contributed by atoms with Crippen LogP contribution in [0.4, 0.5) is 0 Å². The highest BCUT2D eigenvalue weighted by Gasteiger charge is 1.91. The lowest BCUT2D eigenvalue weighted by Gasteiger charge is -1.74. The van der Waals surface area contributed by atoms with Crippen molar-refractivity contribution in [3.05, 3.63) is 15.5 Å². The molecule has 52 valence electrons. The molecule has 0 atom stereocenters. The zero-order valence-electron chi connectivity index (χ0n) is 5.81. The van der Waals surface area contributed by atoms with Crippen molar-refractivity contribution >= 4 is 22.9 Å². The minimum atomic E-state index is 0.630. The topological polar surface area (TPSA) is 12.9 Å². The van der Waals surface area contributed by atoms with Crippen LogP contribution in [0.1, 0.15) is 18.7 Å². The van der Waals surface area contributed by atoms with Crippen molar-refractivity contribution in [3.63, 3.8) is 0 Å². The van der Waals surface area contributed by atoms with Gasteiger partial charge in [-0.1, -0.05) is 25.4 Å². The van der Waals surface area contributed by atoms with Gasteiger partial charge in [0.25, 0.3) is 0 Å². The van der Waals surface area contributed by atoms with Crippen molar-refractivity contribution in [3.8, 4) is 0 Å². The molecular formula is C6H10ClNS. The fourth-order valence-corrected chi connectivity index (χ4v) is 0.998. The van der Waals surface area contributed by atoms with Gasteiger partial charge < -0.3 is 0 Å². The first-order valence-electron chi connectivity index (χ1n) is 2.86. The Morgan fingerprint density at radius 2 is 2.11 bits per heavy atom. The predicted molar refractivity (Wildman–Crippen MR) is 43.2 cm³/mol. The number of aromatic nitrogens is 1. The van der Waals surface area contributed by atoms with E-state index in [9.17, 15) is 0 Å². The molecule has 1 heterocycles. The Labute approximate surface area is 64.7 Å². The number of aryl methyl sites for hydroxylation is 1. The second kappa shape index (κ2) is 4.77. The zero-order chi connectivity index (χ0) is 7.28. The number of hydrogen-bond acceptors (Lipinski definition) is 2. The van der Waals surface area contributed by atoms with Gasteiger partial charge >= 0.3 is 0 Å². The van der Waals surface area contributed by atoms with Crippen LogP contribution in [0.3, 0.4) is 0 Å². The molecule has 1 nitrogen and oxygen atoms in total. The molecule has 0 N–H and O–H groups in total. The molecule has 3 heteroatoms. The molecule has 1 aromatic heterocycles. The van der Waals surface area contributed by atoms with Gasteiger partial charge in [-0.05, 0) is 6.92 Å². The van der Waals surface area contributed by atoms with Crippen molar-refractivity contribution in [2.45, 2.75) is 20.8 Å². The van der Waals surface area contributed by atoms with E-state index >= 15 is 0 Å². The molecule has 0 fully saturated rings. The van der Waals surface area contributed by atoms with Crippen molar-refractivity contribution in [1.82, 2.24) is 4.98 Å². The Morgan fingerprint density at radius 3 is 2.22 bits per heavy atom. The van der Waals surface area contributed by atoms with Crippen LogP contribution in [-0.4, -0.2) is 4.98 Å². The van der Waals surface area contributed by atoms with Crippen LogP contribution in [0.15, 0.2) is 5.51 Å².